The SMILES string of the molecule is CC(Nc1cc(C(F)(F)F)ccc1F)c1ccc(I)cc1. The highest BCUT2D eigenvalue weighted by Gasteiger charge is 2.31. The maximum Gasteiger partial charge on any atom is 0.416 e. The topological polar surface area (TPSA) is 12.0 Å². The first kappa shape index (κ1) is 16.1. The van der Waals surface area contributed by atoms with Crippen molar-refractivity contribution in [2.75, 3.05) is 5.32 Å². The number of halogens is 5. The van der Waals surface area contributed by atoms with Gasteiger partial charge in [0.2, 0.25) is 0 Å². The monoisotopic (exact) mass is 409 g/mol. The van der Waals surface area contributed by atoms with Gasteiger partial charge in [0, 0.05) is 9.61 Å². The van der Waals surface area contributed by atoms with E-state index >= 15 is 0 Å². The Kier molecular flexibility index (Phi) is 4.75. The van der Waals surface area contributed by atoms with E-state index < -0.39 is 17.6 Å². The molecule has 2 rings (SSSR count). The molecule has 0 aliphatic carbocycles. The lowest BCUT2D eigenvalue weighted by Gasteiger charge is -2.17. The Bertz CT molecular complexity index is 623. The standard InChI is InChI=1S/C15H12F4IN/c1-9(10-2-5-12(20)6-3-10)21-14-8-11(15(17,18)19)4-7-13(14)16/h2-9,21H,1H3. The number of hydrogen-bond acceptors (Lipinski definition) is 1. The maximum atomic E-state index is 13.7. The van der Waals surface area contributed by atoms with Gasteiger partial charge in [-0.15, -0.1) is 0 Å². The molecule has 21 heavy (non-hydrogen) atoms. The number of alkyl halides is 3. The molecule has 112 valence electrons. The predicted molar refractivity (Wildman–Crippen MR) is 82.6 cm³/mol. The van der Waals surface area contributed by atoms with E-state index in [4.69, 9.17) is 0 Å². The highest BCUT2D eigenvalue weighted by Crippen LogP contribution is 2.32. The van der Waals surface area contributed by atoms with Gasteiger partial charge in [-0.25, -0.2) is 4.39 Å². The molecule has 0 amide bonds. The lowest BCUT2D eigenvalue weighted by atomic mass is 10.1. The number of nitrogens with one attached hydrogen (secondary N) is 1. The highest BCUT2D eigenvalue weighted by molar-refractivity contribution is 14.1. The van der Waals surface area contributed by atoms with Crippen molar-refractivity contribution in [1.29, 1.82) is 0 Å². The summed E-state index contributed by atoms with van der Waals surface area (Å²) in [5, 5.41) is 2.78. The molecule has 0 aliphatic rings. The molecule has 0 aliphatic heterocycles. The third kappa shape index (κ3) is 4.09. The van der Waals surface area contributed by atoms with Crippen molar-refractivity contribution in [3.05, 3.63) is 63.0 Å². The van der Waals surface area contributed by atoms with Gasteiger partial charge < -0.3 is 5.32 Å². The zero-order valence-corrected chi connectivity index (χ0v) is 13.2. The normalized spacial score (nSPS) is 13.0. The second kappa shape index (κ2) is 6.21. The van der Waals surface area contributed by atoms with Crippen LogP contribution in [0.2, 0.25) is 0 Å². The Balaban J connectivity index is 2.24. The van der Waals surface area contributed by atoms with Crippen molar-refractivity contribution in [2.45, 2.75) is 19.1 Å². The molecule has 0 fully saturated rings. The fourth-order valence-corrected chi connectivity index (χ4v) is 2.24. The van der Waals surface area contributed by atoms with E-state index in [1.165, 1.54) is 0 Å². The van der Waals surface area contributed by atoms with Gasteiger partial charge in [0.1, 0.15) is 5.82 Å². The Morgan fingerprint density at radius 3 is 2.24 bits per heavy atom. The van der Waals surface area contributed by atoms with Crippen LogP contribution in [-0.2, 0) is 6.18 Å². The molecule has 1 nitrogen and oxygen atoms in total. The number of benzene rings is 2. The van der Waals surface area contributed by atoms with E-state index in [0.717, 1.165) is 27.3 Å². The van der Waals surface area contributed by atoms with Gasteiger partial charge in [0.05, 0.1) is 11.3 Å². The third-order valence-electron chi connectivity index (χ3n) is 3.04. The highest BCUT2D eigenvalue weighted by atomic mass is 127. The van der Waals surface area contributed by atoms with E-state index in [2.05, 4.69) is 27.9 Å². The minimum absolute atomic E-state index is 0.157. The quantitative estimate of drug-likeness (QED) is 0.513. The molecule has 0 bridgehead atoms. The van der Waals surface area contributed by atoms with Crippen molar-refractivity contribution >= 4 is 28.3 Å². The lowest BCUT2D eigenvalue weighted by molar-refractivity contribution is -0.137. The minimum atomic E-state index is -4.49. The fraction of sp³-hybridized carbons (Fsp3) is 0.200. The molecule has 1 N–H and O–H groups in total. The van der Waals surface area contributed by atoms with E-state index in [1.807, 2.05) is 24.3 Å². The first-order chi connectivity index (χ1) is 9.77. The molecule has 2 aromatic rings. The summed E-state index contributed by atoms with van der Waals surface area (Å²) in [4.78, 5) is 0. The predicted octanol–water partition coefficient (Wildman–Crippen LogP) is 5.62. The van der Waals surface area contributed by atoms with Crippen LogP contribution in [0.25, 0.3) is 0 Å². The van der Waals surface area contributed by atoms with Crippen molar-refractivity contribution in [3.8, 4) is 0 Å². The van der Waals surface area contributed by atoms with Crippen LogP contribution in [0.1, 0.15) is 24.1 Å². The molecule has 0 heterocycles. The first-order valence-corrected chi connectivity index (χ1v) is 7.24. The smallest absolute Gasteiger partial charge is 0.376 e. The van der Waals surface area contributed by atoms with E-state index in [9.17, 15) is 17.6 Å². The van der Waals surface area contributed by atoms with Gasteiger partial charge in [-0.2, -0.15) is 13.2 Å². The van der Waals surface area contributed by atoms with E-state index in [1.54, 1.807) is 6.92 Å². The molecular weight excluding hydrogens is 397 g/mol. The first-order valence-electron chi connectivity index (χ1n) is 6.16. The van der Waals surface area contributed by atoms with E-state index in [0.29, 0.717) is 0 Å². The largest absolute Gasteiger partial charge is 0.416 e. The van der Waals surface area contributed by atoms with Crippen molar-refractivity contribution in [2.24, 2.45) is 0 Å². The summed E-state index contributed by atoms with van der Waals surface area (Å²) >= 11 is 2.16. The molecule has 0 saturated heterocycles. The summed E-state index contributed by atoms with van der Waals surface area (Å²) < 4.78 is 52.7. The molecule has 0 aromatic heterocycles. The Labute approximate surface area is 133 Å². The van der Waals surface area contributed by atoms with Crippen molar-refractivity contribution in [1.82, 2.24) is 0 Å². The molecule has 0 saturated carbocycles. The molecule has 6 heteroatoms. The van der Waals surface area contributed by atoms with Crippen LogP contribution < -0.4 is 5.32 Å². The van der Waals surface area contributed by atoms with Crippen LogP contribution in [0.4, 0.5) is 23.2 Å². The summed E-state index contributed by atoms with van der Waals surface area (Å²) in [5.41, 5.74) is -0.163. The zero-order valence-electron chi connectivity index (χ0n) is 11.0. The van der Waals surface area contributed by atoms with Crippen LogP contribution in [0.15, 0.2) is 42.5 Å². The van der Waals surface area contributed by atoms with Gasteiger partial charge in [0.15, 0.2) is 0 Å². The number of rotatable bonds is 3. The van der Waals surface area contributed by atoms with Gasteiger partial charge in [0.25, 0.3) is 0 Å². The van der Waals surface area contributed by atoms with Crippen LogP contribution in [-0.4, -0.2) is 0 Å². The van der Waals surface area contributed by atoms with Gasteiger partial charge >= 0.3 is 6.18 Å². The lowest BCUT2D eigenvalue weighted by Crippen LogP contribution is -2.11. The van der Waals surface area contributed by atoms with Crippen molar-refractivity contribution in [3.63, 3.8) is 0 Å². The van der Waals surface area contributed by atoms with Crippen LogP contribution in [0, 0.1) is 9.39 Å². The fourth-order valence-electron chi connectivity index (χ4n) is 1.88. The Morgan fingerprint density at radius 1 is 1.05 bits per heavy atom. The summed E-state index contributed by atoms with van der Waals surface area (Å²) in [5.74, 6) is -0.708. The van der Waals surface area contributed by atoms with Crippen LogP contribution in [0.5, 0.6) is 0 Å². The second-order valence-electron chi connectivity index (χ2n) is 4.61. The molecule has 1 unspecified atom stereocenters. The average Bonchev–Trinajstić information content (AvgIpc) is 2.40. The van der Waals surface area contributed by atoms with Gasteiger partial charge in [-0.1, -0.05) is 12.1 Å². The number of anilines is 1. The third-order valence-corrected chi connectivity index (χ3v) is 3.75. The van der Waals surface area contributed by atoms with Gasteiger partial charge in [-0.3, -0.25) is 0 Å². The average molecular weight is 409 g/mol. The van der Waals surface area contributed by atoms with E-state index in [-0.39, 0.29) is 11.7 Å². The van der Waals surface area contributed by atoms with Gasteiger partial charge in [-0.05, 0) is 65.4 Å². The molecular formula is C15H12F4IN. The number of hydrogen-bond donors (Lipinski definition) is 1. The summed E-state index contributed by atoms with van der Waals surface area (Å²) in [6, 6.07) is 9.52. The minimum Gasteiger partial charge on any atom is -0.376 e. The maximum absolute atomic E-state index is 13.7. The Hall–Kier alpha value is -1.31. The molecule has 2 aromatic carbocycles. The molecule has 0 spiro atoms. The second-order valence-corrected chi connectivity index (χ2v) is 5.86. The Morgan fingerprint density at radius 2 is 1.67 bits per heavy atom. The summed E-state index contributed by atoms with van der Waals surface area (Å²) in [7, 11) is 0. The van der Waals surface area contributed by atoms with Crippen LogP contribution >= 0.6 is 22.6 Å². The molecule has 1 atom stereocenters. The molecule has 0 radical (unpaired) electrons. The summed E-state index contributed by atoms with van der Waals surface area (Å²) in [6.45, 7) is 1.77. The van der Waals surface area contributed by atoms with Crippen molar-refractivity contribution < 1.29 is 17.6 Å². The summed E-state index contributed by atoms with van der Waals surface area (Å²) in [6.07, 6.45) is -4.49. The van der Waals surface area contributed by atoms with Crippen LogP contribution in [0.3, 0.4) is 0 Å². The zero-order chi connectivity index (χ0) is 15.6.